The van der Waals surface area contributed by atoms with Crippen LogP contribution >= 0.6 is 0 Å². The van der Waals surface area contributed by atoms with Gasteiger partial charge in [-0.3, -0.25) is 19.8 Å². The fourth-order valence-corrected chi connectivity index (χ4v) is 3.83. The molecule has 1 unspecified atom stereocenters. The largest absolute Gasteiger partial charge is 0.493 e. The third-order valence-corrected chi connectivity index (χ3v) is 5.68. The number of benzene rings is 2. The van der Waals surface area contributed by atoms with E-state index in [9.17, 15) is 14.9 Å². The first kappa shape index (κ1) is 24.3. The first-order valence-electron chi connectivity index (χ1n) is 10.6. The molecule has 10 nitrogen and oxygen atoms in total. The Bertz CT molecular complexity index is 974. The van der Waals surface area contributed by atoms with Crippen LogP contribution in [-0.4, -0.2) is 76.9 Å². The number of nitrogens with one attached hydrogen (secondary N) is 1. The summed E-state index contributed by atoms with van der Waals surface area (Å²) in [6.45, 7) is 2.97. The number of methoxy groups -OCH3 is 2. The minimum absolute atomic E-state index is 0.0821. The Hall–Kier alpha value is -3.37. The Kier molecular flexibility index (Phi) is 8.07. The summed E-state index contributed by atoms with van der Waals surface area (Å²) < 4.78 is 15.9. The second-order valence-electron chi connectivity index (χ2n) is 7.84. The van der Waals surface area contributed by atoms with Crippen LogP contribution in [0.3, 0.4) is 0 Å². The molecule has 178 valence electrons. The molecule has 1 amide bonds. The van der Waals surface area contributed by atoms with Crippen molar-refractivity contribution in [3.8, 4) is 11.5 Å². The molecule has 2 aromatic carbocycles. The second-order valence-corrected chi connectivity index (χ2v) is 7.84. The number of hydrogen-bond donors (Lipinski definition) is 1. The van der Waals surface area contributed by atoms with Gasteiger partial charge in [0.15, 0.2) is 11.5 Å². The van der Waals surface area contributed by atoms with Gasteiger partial charge in [0.25, 0.3) is 11.6 Å². The Morgan fingerprint density at radius 1 is 1.15 bits per heavy atom. The first-order valence-corrected chi connectivity index (χ1v) is 10.6. The summed E-state index contributed by atoms with van der Waals surface area (Å²) in [6.07, 6.45) is 0. The van der Waals surface area contributed by atoms with Gasteiger partial charge in [-0.05, 0) is 17.7 Å². The highest BCUT2D eigenvalue weighted by Gasteiger charge is 2.27. The fourth-order valence-electron chi connectivity index (χ4n) is 3.83. The van der Waals surface area contributed by atoms with Gasteiger partial charge in [0.05, 0.1) is 44.5 Å². The van der Waals surface area contributed by atoms with Crippen molar-refractivity contribution in [3.63, 3.8) is 0 Å². The van der Waals surface area contributed by atoms with E-state index in [0.29, 0.717) is 13.2 Å². The van der Waals surface area contributed by atoms with Crippen LogP contribution in [0.1, 0.15) is 22.0 Å². The van der Waals surface area contributed by atoms with Gasteiger partial charge in [0.1, 0.15) is 5.56 Å². The summed E-state index contributed by atoms with van der Waals surface area (Å²) in [5.41, 5.74) is 1.69. The van der Waals surface area contributed by atoms with Crippen LogP contribution in [0, 0.1) is 10.1 Å². The summed E-state index contributed by atoms with van der Waals surface area (Å²) in [6, 6.07) is 10.6. The minimum Gasteiger partial charge on any atom is -0.493 e. The second kappa shape index (κ2) is 11.0. The average Bonchev–Trinajstić information content (AvgIpc) is 2.84. The standard InChI is InChI=1S/C23H30N4O6/c1-25(2)17-7-5-16(6-8-17)20(26-9-11-33-12-10-26)15-24-23(28)18-13-21(31-3)22(32-4)14-19(18)27(29)30/h5-8,13-14,20H,9-12,15H2,1-4H3,(H,24,28). The zero-order chi connectivity index (χ0) is 24.0. The lowest BCUT2D eigenvalue weighted by atomic mass is 10.0. The summed E-state index contributed by atoms with van der Waals surface area (Å²) in [7, 11) is 6.75. The van der Waals surface area contributed by atoms with E-state index in [1.807, 2.05) is 43.3 Å². The van der Waals surface area contributed by atoms with Crippen molar-refractivity contribution in [1.82, 2.24) is 10.2 Å². The van der Waals surface area contributed by atoms with Crippen LogP contribution in [0.5, 0.6) is 11.5 Å². The Morgan fingerprint density at radius 2 is 1.76 bits per heavy atom. The molecular weight excluding hydrogens is 428 g/mol. The number of nitro benzene ring substituents is 1. The fraction of sp³-hybridized carbons (Fsp3) is 0.435. The van der Waals surface area contributed by atoms with Crippen molar-refractivity contribution < 1.29 is 23.9 Å². The molecule has 2 aromatic rings. The van der Waals surface area contributed by atoms with Gasteiger partial charge >= 0.3 is 0 Å². The maximum atomic E-state index is 13.0. The number of amides is 1. The number of nitro groups is 1. The normalized spacial score (nSPS) is 14.9. The number of hydrogen-bond acceptors (Lipinski definition) is 8. The number of rotatable bonds is 9. The summed E-state index contributed by atoms with van der Waals surface area (Å²) in [5.74, 6) is -0.115. The molecule has 1 aliphatic rings. The highest BCUT2D eigenvalue weighted by Crippen LogP contribution is 2.34. The van der Waals surface area contributed by atoms with Gasteiger partial charge in [-0.2, -0.15) is 0 Å². The van der Waals surface area contributed by atoms with Crippen molar-refractivity contribution in [2.24, 2.45) is 0 Å². The minimum atomic E-state index is -0.601. The van der Waals surface area contributed by atoms with Crippen molar-refractivity contribution in [2.75, 3.05) is 66.1 Å². The third-order valence-electron chi connectivity index (χ3n) is 5.68. The molecule has 33 heavy (non-hydrogen) atoms. The zero-order valence-electron chi connectivity index (χ0n) is 19.4. The average molecular weight is 459 g/mol. The molecule has 1 atom stereocenters. The summed E-state index contributed by atoms with van der Waals surface area (Å²) in [4.78, 5) is 28.3. The molecule has 10 heteroatoms. The highest BCUT2D eigenvalue weighted by atomic mass is 16.6. The lowest BCUT2D eigenvalue weighted by molar-refractivity contribution is -0.385. The number of ether oxygens (including phenoxy) is 3. The van der Waals surface area contributed by atoms with Gasteiger partial charge in [-0.15, -0.1) is 0 Å². The van der Waals surface area contributed by atoms with Crippen LogP contribution in [0.25, 0.3) is 0 Å². The number of morpholine rings is 1. The van der Waals surface area contributed by atoms with E-state index < -0.39 is 10.8 Å². The number of carbonyl (C=O) groups excluding carboxylic acids is 1. The molecule has 0 aliphatic carbocycles. The van der Waals surface area contributed by atoms with Crippen molar-refractivity contribution >= 4 is 17.3 Å². The van der Waals surface area contributed by atoms with E-state index in [4.69, 9.17) is 14.2 Å². The molecule has 3 rings (SSSR count). The van der Waals surface area contributed by atoms with Crippen molar-refractivity contribution in [3.05, 3.63) is 57.6 Å². The topological polar surface area (TPSA) is 106 Å². The zero-order valence-corrected chi connectivity index (χ0v) is 19.4. The molecule has 0 radical (unpaired) electrons. The molecular formula is C23H30N4O6. The smallest absolute Gasteiger partial charge is 0.286 e. The van der Waals surface area contributed by atoms with E-state index in [-0.39, 0.29) is 35.3 Å². The van der Waals surface area contributed by atoms with Crippen LogP contribution in [0.2, 0.25) is 0 Å². The van der Waals surface area contributed by atoms with Crippen molar-refractivity contribution in [1.29, 1.82) is 0 Å². The predicted molar refractivity (Wildman–Crippen MR) is 124 cm³/mol. The third kappa shape index (κ3) is 5.71. The number of anilines is 1. The molecule has 0 spiro atoms. The maximum Gasteiger partial charge on any atom is 0.286 e. The Balaban J connectivity index is 1.85. The van der Waals surface area contributed by atoms with Gasteiger partial charge in [-0.25, -0.2) is 0 Å². The highest BCUT2D eigenvalue weighted by molar-refractivity contribution is 5.99. The Morgan fingerprint density at radius 3 is 2.30 bits per heavy atom. The van der Waals surface area contributed by atoms with Crippen LogP contribution < -0.4 is 19.7 Å². The van der Waals surface area contributed by atoms with E-state index in [0.717, 1.165) is 24.3 Å². The van der Waals surface area contributed by atoms with Gasteiger partial charge in [-0.1, -0.05) is 12.1 Å². The number of nitrogens with zero attached hydrogens (tertiary/aromatic N) is 3. The molecule has 0 saturated carbocycles. The van der Waals surface area contributed by atoms with Crippen LogP contribution in [-0.2, 0) is 4.74 Å². The first-order chi connectivity index (χ1) is 15.8. The van der Waals surface area contributed by atoms with E-state index in [1.165, 1.54) is 26.4 Å². The van der Waals surface area contributed by atoms with Crippen LogP contribution in [0.15, 0.2) is 36.4 Å². The maximum absolute atomic E-state index is 13.0. The van der Waals surface area contributed by atoms with Gasteiger partial charge in [0.2, 0.25) is 0 Å². The lowest BCUT2D eigenvalue weighted by Gasteiger charge is -2.35. The molecule has 1 fully saturated rings. The SMILES string of the molecule is COc1cc(C(=O)NCC(c2ccc(N(C)C)cc2)N2CCOCC2)c([N+](=O)[O-])cc1OC. The van der Waals surface area contributed by atoms with E-state index in [1.54, 1.807) is 0 Å². The molecule has 1 heterocycles. The van der Waals surface area contributed by atoms with Crippen LogP contribution in [0.4, 0.5) is 11.4 Å². The monoisotopic (exact) mass is 458 g/mol. The molecule has 1 N–H and O–H groups in total. The van der Waals surface area contributed by atoms with E-state index in [2.05, 4.69) is 10.2 Å². The Labute approximate surface area is 193 Å². The van der Waals surface area contributed by atoms with Gasteiger partial charge < -0.3 is 24.4 Å². The van der Waals surface area contributed by atoms with Crippen molar-refractivity contribution in [2.45, 2.75) is 6.04 Å². The van der Waals surface area contributed by atoms with Gasteiger partial charge in [0, 0.05) is 45.5 Å². The molecule has 0 aromatic heterocycles. The summed E-state index contributed by atoms with van der Waals surface area (Å²) in [5, 5.41) is 14.5. The van der Waals surface area contributed by atoms with E-state index >= 15 is 0 Å². The summed E-state index contributed by atoms with van der Waals surface area (Å²) >= 11 is 0. The quantitative estimate of drug-likeness (QED) is 0.451. The molecule has 1 aliphatic heterocycles. The predicted octanol–water partition coefficient (Wildman–Crippen LogP) is 2.48. The molecule has 1 saturated heterocycles. The lowest BCUT2D eigenvalue weighted by Crippen LogP contribution is -2.43. The molecule has 0 bridgehead atoms. The number of carbonyl (C=O) groups is 1.